The van der Waals surface area contributed by atoms with Crippen LogP contribution in [-0.2, 0) is 11.3 Å². The molecule has 2 aliphatic rings. The number of thioether (sulfide) groups is 1. The topological polar surface area (TPSA) is 48.0 Å². The minimum absolute atomic E-state index is 0.144. The standard InChI is InChI=1S/C19H14ClNO4S2/c1-23-13-4-2-11(3-5-13)9-21-18(22)17(27-19(21)26)7-12-6-15-16(8-14(12)20)25-10-24-15/h2-8H,9-10H2,1H3. The number of ether oxygens (including phenoxy) is 3. The summed E-state index contributed by atoms with van der Waals surface area (Å²) in [5.74, 6) is 1.83. The average Bonchev–Trinajstić information content (AvgIpc) is 3.22. The van der Waals surface area contributed by atoms with E-state index in [9.17, 15) is 4.79 Å². The summed E-state index contributed by atoms with van der Waals surface area (Å²) in [4.78, 5) is 14.9. The molecule has 1 fully saturated rings. The quantitative estimate of drug-likeness (QED) is 0.538. The van der Waals surface area contributed by atoms with Crippen LogP contribution >= 0.6 is 35.6 Å². The summed E-state index contributed by atoms with van der Waals surface area (Å²) in [7, 11) is 1.61. The van der Waals surface area contributed by atoms with Crippen LogP contribution in [0, 0.1) is 0 Å². The molecule has 2 aliphatic heterocycles. The number of carbonyl (C=O) groups excluding carboxylic acids is 1. The molecule has 27 heavy (non-hydrogen) atoms. The van der Waals surface area contributed by atoms with E-state index in [4.69, 9.17) is 38.0 Å². The SMILES string of the molecule is COc1ccc(CN2C(=O)C(=Cc3cc4c(cc3Cl)OCO4)SC2=S)cc1. The first kappa shape index (κ1) is 18.2. The lowest BCUT2D eigenvalue weighted by molar-refractivity contribution is -0.122. The molecule has 1 saturated heterocycles. The van der Waals surface area contributed by atoms with Gasteiger partial charge in [0.1, 0.15) is 10.1 Å². The van der Waals surface area contributed by atoms with E-state index in [2.05, 4.69) is 0 Å². The van der Waals surface area contributed by atoms with Gasteiger partial charge in [0.15, 0.2) is 11.5 Å². The van der Waals surface area contributed by atoms with Crippen LogP contribution in [0.3, 0.4) is 0 Å². The fraction of sp³-hybridized carbons (Fsp3) is 0.158. The second kappa shape index (κ2) is 7.42. The van der Waals surface area contributed by atoms with E-state index in [-0.39, 0.29) is 12.7 Å². The lowest BCUT2D eigenvalue weighted by Crippen LogP contribution is -2.27. The van der Waals surface area contributed by atoms with Gasteiger partial charge in [0.2, 0.25) is 6.79 Å². The van der Waals surface area contributed by atoms with Gasteiger partial charge >= 0.3 is 0 Å². The maximum Gasteiger partial charge on any atom is 0.266 e. The van der Waals surface area contributed by atoms with Crippen LogP contribution in [0.1, 0.15) is 11.1 Å². The molecular weight excluding hydrogens is 406 g/mol. The Morgan fingerprint density at radius 3 is 2.67 bits per heavy atom. The van der Waals surface area contributed by atoms with E-state index in [0.717, 1.165) is 11.3 Å². The molecule has 2 aromatic carbocycles. The van der Waals surface area contributed by atoms with Crippen LogP contribution in [-0.4, -0.2) is 29.0 Å². The van der Waals surface area contributed by atoms with Crippen molar-refractivity contribution in [3.63, 3.8) is 0 Å². The number of nitrogens with zero attached hydrogens (tertiary/aromatic N) is 1. The molecule has 0 aromatic heterocycles. The van der Waals surface area contributed by atoms with Crippen LogP contribution in [0.4, 0.5) is 0 Å². The number of hydrogen-bond acceptors (Lipinski definition) is 6. The van der Waals surface area contributed by atoms with Gasteiger partial charge in [0.25, 0.3) is 5.91 Å². The van der Waals surface area contributed by atoms with Crippen molar-refractivity contribution in [2.24, 2.45) is 0 Å². The highest BCUT2D eigenvalue weighted by molar-refractivity contribution is 8.26. The van der Waals surface area contributed by atoms with E-state index in [0.29, 0.717) is 37.9 Å². The van der Waals surface area contributed by atoms with E-state index in [1.807, 2.05) is 24.3 Å². The van der Waals surface area contributed by atoms with Gasteiger partial charge in [0, 0.05) is 6.07 Å². The number of halogens is 1. The van der Waals surface area contributed by atoms with Gasteiger partial charge < -0.3 is 14.2 Å². The van der Waals surface area contributed by atoms with Crippen LogP contribution in [0.15, 0.2) is 41.3 Å². The van der Waals surface area contributed by atoms with Gasteiger partial charge in [-0.1, -0.05) is 47.7 Å². The van der Waals surface area contributed by atoms with Crippen molar-refractivity contribution in [2.75, 3.05) is 13.9 Å². The van der Waals surface area contributed by atoms with Crippen molar-refractivity contribution in [3.05, 3.63) is 57.5 Å². The number of amides is 1. The first-order chi connectivity index (χ1) is 13.0. The third-order valence-corrected chi connectivity index (χ3v) is 5.86. The number of methoxy groups -OCH3 is 1. The number of thiocarbonyl (C=S) groups is 1. The van der Waals surface area contributed by atoms with Crippen molar-refractivity contribution >= 4 is 51.9 Å². The molecule has 0 radical (unpaired) electrons. The monoisotopic (exact) mass is 419 g/mol. The minimum Gasteiger partial charge on any atom is -0.497 e. The summed E-state index contributed by atoms with van der Waals surface area (Å²) in [6.07, 6.45) is 1.73. The first-order valence-electron chi connectivity index (χ1n) is 8.02. The van der Waals surface area contributed by atoms with Crippen LogP contribution in [0.25, 0.3) is 6.08 Å². The molecule has 0 saturated carbocycles. The number of hydrogen-bond donors (Lipinski definition) is 0. The fourth-order valence-corrected chi connectivity index (χ4v) is 4.19. The minimum atomic E-state index is -0.144. The molecule has 5 nitrogen and oxygen atoms in total. The predicted molar refractivity (Wildman–Crippen MR) is 109 cm³/mol. The molecule has 0 unspecified atom stereocenters. The highest BCUT2D eigenvalue weighted by Crippen LogP contribution is 2.40. The molecule has 0 aliphatic carbocycles. The molecule has 4 rings (SSSR count). The largest absolute Gasteiger partial charge is 0.497 e. The van der Waals surface area contributed by atoms with Crippen LogP contribution in [0.5, 0.6) is 17.2 Å². The molecule has 0 N–H and O–H groups in total. The maximum atomic E-state index is 12.8. The van der Waals surface area contributed by atoms with E-state index >= 15 is 0 Å². The Balaban J connectivity index is 1.56. The molecule has 2 aromatic rings. The van der Waals surface area contributed by atoms with Crippen molar-refractivity contribution in [1.82, 2.24) is 4.90 Å². The third-order valence-electron chi connectivity index (χ3n) is 4.15. The predicted octanol–water partition coefficient (Wildman–Crippen LogP) is 4.48. The lowest BCUT2D eigenvalue weighted by Gasteiger charge is -2.14. The molecule has 1 amide bonds. The van der Waals surface area contributed by atoms with Gasteiger partial charge in [0.05, 0.1) is 23.6 Å². The lowest BCUT2D eigenvalue weighted by atomic mass is 10.1. The molecule has 2 heterocycles. The Bertz CT molecular complexity index is 959. The summed E-state index contributed by atoms with van der Waals surface area (Å²) < 4.78 is 16.4. The molecule has 0 spiro atoms. The Morgan fingerprint density at radius 2 is 1.96 bits per heavy atom. The Hall–Kier alpha value is -2.22. The molecule has 8 heteroatoms. The van der Waals surface area contributed by atoms with E-state index in [1.54, 1.807) is 30.2 Å². The maximum absolute atomic E-state index is 12.8. The average molecular weight is 420 g/mol. The van der Waals surface area contributed by atoms with Gasteiger partial charge in [-0.3, -0.25) is 9.69 Å². The number of rotatable bonds is 4. The number of carbonyl (C=O) groups is 1. The second-order valence-electron chi connectivity index (χ2n) is 5.84. The highest BCUT2D eigenvalue weighted by atomic mass is 35.5. The zero-order chi connectivity index (χ0) is 19.0. The Kier molecular flexibility index (Phi) is 4.99. The van der Waals surface area contributed by atoms with Crippen LogP contribution in [0.2, 0.25) is 5.02 Å². The van der Waals surface area contributed by atoms with Crippen LogP contribution < -0.4 is 14.2 Å². The van der Waals surface area contributed by atoms with E-state index < -0.39 is 0 Å². The van der Waals surface area contributed by atoms with Crippen molar-refractivity contribution in [2.45, 2.75) is 6.54 Å². The smallest absolute Gasteiger partial charge is 0.266 e. The summed E-state index contributed by atoms with van der Waals surface area (Å²) in [6.45, 7) is 0.569. The van der Waals surface area contributed by atoms with Gasteiger partial charge in [-0.05, 0) is 35.4 Å². The first-order valence-corrected chi connectivity index (χ1v) is 9.63. The highest BCUT2D eigenvalue weighted by Gasteiger charge is 2.32. The molecule has 0 atom stereocenters. The zero-order valence-corrected chi connectivity index (χ0v) is 16.6. The normalized spacial score (nSPS) is 17.1. The summed E-state index contributed by atoms with van der Waals surface area (Å²) in [5, 5.41) is 0.486. The van der Waals surface area contributed by atoms with Gasteiger partial charge in [-0.25, -0.2) is 0 Å². The van der Waals surface area contributed by atoms with Crippen molar-refractivity contribution in [1.29, 1.82) is 0 Å². The number of benzene rings is 2. The fourth-order valence-electron chi connectivity index (χ4n) is 2.73. The van der Waals surface area contributed by atoms with Gasteiger partial charge in [-0.15, -0.1) is 0 Å². The van der Waals surface area contributed by atoms with E-state index in [1.165, 1.54) is 11.8 Å². The summed E-state index contributed by atoms with van der Waals surface area (Å²) in [6, 6.07) is 11.0. The summed E-state index contributed by atoms with van der Waals surface area (Å²) >= 11 is 13.0. The third kappa shape index (κ3) is 3.63. The zero-order valence-electron chi connectivity index (χ0n) is 14.2. The Labute approximate surface area is 170 Å². The summed E-state index contributed by atoms with van der Waals surface area (Å²) in [5.41, 5.74) is 1.65. The second-order valence-corrected chi connectivity index (χ2v) is 7.93. The van der Waals surface area contributed by atoms with Gasteiger partial charge in [-0.2, -0.15) is 0 Å². The number of fused-ring (bicyclic) bond motifs is 1. The Morgan fingerprint density at radius 1 is 1.26 bits per heavy atom. The van der Waals surface area contributed by atoms with Crippen molar-refractivity contribution < 1.29 is 19.0 Å². The molecule has 0 bridgehead atoms. The molecular formula is C19H14ClNO4S2. The molecule has 138 valence electrons. The van der Waals surface area contributed by atoms with Crippen molar-refractivity contribution in [3.8, 4) is 17.2 Å².